The van der Waals surface area contributed by atoms with Crippen molar-refractivity contribution in [2.45, 2.75) is 45.8 Å². The number of nitrogens with zero attached hydrogens (tertiary/aromatic N) is 2. The maximum atomic E-state index is 12.3. The fraction of sp³-hybridized carbons (Fsp3) is 0.632. The highest BCUT2D eigenvalue weighted by atomic mass is 32.2. The normalized spacial score (nSPS) is 19.3. The summed E-state index contributed by atoms with van der Waals surface area (Å²) in [6.45, 7) is 9.08. The van der Waals surface area contributed by atoms with Gasteiger partial charge in [-0.15, -0.1) is 0 Å². The van der Waals surface area contributed by atoms with Gasteiger partial charge in [0.15, 0.2) is 5.96 Å². The standard InChI is InChI=1S/C19H32N4O3S/c1-6-23(7-2)27(24,25)13-12-21-18(20-5)22-16-14-19(3,4)26-17-11-9-8-10-15(16)17/h8-11,16H,6-7,12-14H2,1-5H3,(H2,20,21,22). The third kappa shape index (κ3) is 5.59. The minimum atomic E-state index is -3.26. The summed E-state index contributed by atoms with van der Waals surface area (Å²) >= 11 is 0. The summed E-state index contributed by atoms with van der Waals surface area (Å²) in [4.78, 5) is 4.25. The van der Waals surface area contributed by atoms with Gasteiger partial charge < -0.3 is 15.4 Å². The van der Waals surface area contributed by atoms with Crippen molar-refractivity contribution in [1.82, 2.24) is 14.9 Å². The van der Waals surface area contributed by atoms with E-state index in [1.807, 2.05) is 38.1 Å². The second kappa shape index (κ2) is 8.93. The minimum absolute atomic E-state index is 0.0330. The van der Waals surface area contributed by atoms with Crippen LogP contribution in [0, 0.1) is 0 Å². The van der Waals surface area contributed by atoms with E-state index in [9.17, 15) is 8.42 Å². The predicted octanol–water partition coefficient (Wildman–Crippen LogP) is 2.13. The number of rotatable bonds is 7. The summed E-state index contributed by atoms with van der Waals surface area (Å²) in [7, 11) is -1.57. The van der Waals surface area contributed by atoms with Gasteiger partial charge in [-0.05, 0) is 19.9 Å². The molecule has 0 aliphatic carbocycles. The molecule has 0 fully saturated rings. The average Bonchev–Trinajstić information content (AvgIpc) is 2.60. The molecule has 0 bridgehead atoms. The van der Waals surface area contributed by atoms with Crippen LogP contribution in [0.1, 0.15) is 45.7 Å². The van der Waals surface area contributed by atoms with E-state index in [-0.39, 0.29) is 17.4 Å². The lowest BCUT2D eigenvalue weighted by Gasteiger charge is -2.38. The van der Waals surface area contributed by atoms with Gasteiger partial charge in [-0.1, -0.05) is 32.0 Å². The van der Waals surface area contributed by atoms with E-state index >= 15 is 0 Å². The van der Waals surface area contributed by atoms with Crippen LogP contribution in [0.5, 0.6) is 5.75 Å². The fourth-order valence-electron chi connectivity index (χ4n) is 3.34. The fourth-order valence-corrected chi connectivity index (χ4v) is 4.74. The molecule has 27 heavy (non-hydrogen) atoms. The first-order valence-electron chi connectivity index (χ1n) is 9.45. The van der Waals surface area contributed by atoms with Gasteiger partial charge in [-0.2, -0.15) is 0 Å². The number of aliphatic imine (C=N–C) groups is 1. The monoisotopic (exact) mass is 396 g/mol. The molecule has 152 valence electrons. The van der Waals surface area contributed by atoms with E-state index in [0.717, 1.165) is 17.7 Å². The molecule has 1 aliphatic rings. The Kier molecular flexibility index (Phi) is 7.11. The van der Waals surface area contributed by atoms with Gasteiger partial charge in [0.2, 0.25) is 10.0 Å². The van der Waals surface area contributed by atoms with Crippen molar-refractivity contribution in [2.24, 2.45) is 4.99 Å². The number of guanidine groups is 1. The molecule has 1 aromatic carbocycles. The van der Waals surface area contributed by atoms with Crippen LogP contribution in [0.4, 0.5) is 0 Å². The number of fused-ring (bicyclic) bond motifs is 1. The molecule has 8 heteroatoms. The molecule has 1 heterocycles. The van der Waals surface area contributed by atoms with Crippen LogP contribution in [0.25, 0.3) is 0 Å². The molecule has 2 rings (SSSR count). The minimum Gasteiger partial charge on any atom is -0.487 e. The largest absolute Gasteiger partial charge is 0.487 e. The number of nitrogens with one attached hydrogen (secondary N) is 2. The molecule has 0 saturated heterocycles. The van der Waals surface area contributed by atoms with Crippen LogP contribution >= 0.6 is 0 Å². The maximum Gasteiger partial charge on any atom is 0.215 e. The molecule has 0 spiro atoms. The summed E-state index contributed by atoms with van der Waals surface area (Å²) in [6, 6.07) is 8.00. The third-order valence-electron chi connectivity index (χ3n) is 4.66. The van der Waals surface area contributed by atoms with E-state index < -0.39 is 10.0 Å². The first kappa shape index (κ1) is 21.5. The second-order valence-electron chi connectivity index (χ2n) is 7.20. The molecule has 1 aromatic rings. The van der Waals surface area contributed by atoms with Gasteiger partial charge in [0, 0.05) is 38.7 Å². The SMILES string of the molecule is CCN(CC)S(=O)(=O)CCNC(=NC)NC1CC(C)(C)Oc2ccccc21. The Bertz CT molecular complexity index is 758. The maximum absolute atomic E-state index is 12.3. The zero-order valence-electron chi connectivity index (χ0n) is 16.9. The number of sulfonamides is 1. The summed E-state index contributed by atoms with van der Waals surface area (Å²) < 4.78 is 32.2. The van der Waals surface area contributed by atoms with Gasteiger partial charge in [0.1, 0.15) is 11.4 Å². The first-order valence-corrected chi connectivity index (χ1v) is 11.1. The highest BCUT2D eigenvalue weighted by Gasteiger charge is 2.34. The van der Waals surface area contributed by atoms with Gasteiger partial charge in [-0.25, -0.2) is 12.7 Å². The lowest BCUT2D eigenvalue weighted by molar-refractivity contribution is 0.0694. The zero-order valence-corrected chi connectivity index (χ0v) is 17.8. The van der Waals surface area contributed by atoms with Crippen LogP contribution in [0.3, 0.4) is 0 Å². The molecule has 1 unspecified atom stereocenters. The van der Waals surface area contributed by atoms with Crippen molar-refractivity contribution in [3.63, 3.8) is 0 Å². The number of hydrogen-bond acceptors (Lipinski definition) is 4. The van der Waals surface area contributed by atoms with Crippen molar-refractivity contribution >= 4 is 16.0 Å². The second-order valence-corrected chi connectivity index (χ2v) is 9.29. The zero-order chi connectivity index (χ0) is 20.1. The predicted molar refractivity (Wildman–Crippen MR) is 110 cm³/mol. The molecule has 0 radical (unpaired) electrons. The van der Waals surface area contributed by atoms with Crippen molar-refractivity contribution in [3.8, 4) is 5.75 Å². The first-order chi connectivity index (χ1) is 12.7. The Hall–Kier alpha value is -1.80. The van der Waals surface area contributed by atoms with E-state index in [4.69, 9.17) is 4.74 Å². The third-order valence-corrected chi connectivity index (χ3v) is 6.69. The summed E-state index contributed by atoms with van der Waals surface area (Å²) in [6.07, 6.45) is 0.780. The number of para-hydroxylation sites is 1. The van der Waals surface area contributed by atoms with Crippen molar-refractivity contribution in [3.05, 3.63) is 29.8 Å². The summed E-state index contributed by atoms with van der Waals surface area (Å²) in [5.41, 5.74) is 0.785. The molecule has 0 aromatic heterocycles. The van der Waals surface area contributed by atoms with Gasteiger partial charge in [0.25, 0.3) is 0 Å². The lowest BCUT2D eigenvalue weighted by Crippen LogP contribution is -2.46. The average molecular weight is 397 g/mol. The van der Waals surface area contributed by atoms with Crippen molar-refractivity contribution < 1.29 is 13.2 Å². The molecule has 0 saturated carbocycles. The Balaban J connectivity index is 2.01. The van der Waals surface area contributed by atoms with Gasteiger partial charge in [-0.3, -0.25) is 4.99 Å². The highest BCUT2D eigenvalue weighted by Crippen LogP contribution is 2.39. The van der Waals surface area contributed by atoms with E-state index in [0.29, 0.717) is 25.6 Å². The molecule has 0 amide bonds. The summed E-state index contributed by atoms with van der Waals surface area (Å²) in [5.74, 6) is 1.48. The molecular weight excluding hydrogens is 364 g/mol. The summed E-state index contributed by atoms with van der Waals surface area (Å²) in [5, 5.41) is 6.54. The van der Waals surface area contributed by atoms with E-state index in [2.05, 4.69) is 29.5 Å². The van der Waals surface area contributed by atoms with E-state index in [1.54, 1.807) is 7.05 Å². The van der Waals surface area contributed by atoms with E-state index in [1.165, 1.54) is 4.31 Å². The Labute approximate surface area is 163 Å². The van der Waals surface area contributed by atoms with Crippen LogP contribution in [0.2, 0.25) is 0 Å². The topological polar surface area (TPSA) is 83.0 Å². The number of hydrogen-bond donors (Lipinski definition) is 2. The molecule has 2 N–H and O–H groups in total. The Morgan fingerprint density at radius 1 is 1.30 bits per heavy atom. The van der Waals surface area contributed by atoms with Crippen LogP contribution < -0.4 is 15.4 Å². The van der Waals surface area contributed by atoms with Crippen molar-refractivity contribution in [1.29, 1.82) is 0 Å². The van der Waals surface area contributed by atoms with Crippen LogP contribution in [-0.2, 0) is 10.0 Å². The van der Waals surface area contributed by atoms with Crippen LogP contribution in [-0.4, -0.2) is 56.7 Å². The smallest absolute Gasteiger partial charge is 0.215 e. The molecule has 7 nitrogen and oxygen atoms in total. The molecular formula is C19H32N4O3S. The van der Waals surface area contributed by atoms with Crippen LogP contribution in [0.15, 0.2) is 29.3 Å². The van der Waals surface area contributed by atoms with Crippen molar-refractivity contribution in [2.75, 3.05) is 32.4 Å². The Morgan fingerprint density at radius 2 is 1.96 bits per heavy atom. The number of benzene rings is 1. The molecule has 1 atom stereocenters. The number of ether oxygens (including phenoxy) is 1. The van der Waals surface area contributed by atoms with Gasteiger partial charge >= 0.3 is 0 Å². The van der Waals surface area contributed by atoms with Gasteiger partial charge in [0.05, 0.1) is 11.8 Å². The highest BCUT2D eigenvalue weighted by molar-refractivity contribution is 7.89. The quantitative estimate of drug-likeness (QED) is 0.545. The Morgan fingerprint density at radius 3 is 2.59 bits per heavy atom. The molecule has 1 aliphatic heterocycles. The lowest BCUT2D eigenvalue weighted by atomic mass is 9.90.